The molecule has 0 saturated heterocycles. The lowest BCUT2D eigenvalue weighted by Crippen LogP contribution is -2.21. The Morgan fingerprint density at radius 1 is 0.577 bits per heavy atom. The maximum absolute atomic E-state index is 13.1. The van der Waals surface area contributed by atoms with Gasteiger partial charge in [0.05, 0.1) is 45.6 Å². The van der Waals surface area contributed by atoms with Crippen LogP contribution in [0.5, 0.6) is 0 Å². The van der Waals surface area contributed by atoms with Crippen LogP contribution in [0.15, 0.2) is 146 Å². The second-order valence-corrected chi connectivity index (χ2v) is 13.2. The van der Waals surface area contributed by atoms with E-state index in [1.54, 1.807) is 33.8 Å². The number of fused-ring (bicyclic) bond motifs is 6. The van der Waals surface area contributed by atoms with Crippen molar-refractivity contribution in [1.82, 2.24) is 18.3 Å². The molecule has 0 aliphatic carbocycles. The van der Waals surface area contributed by atoms with Crippen molar-refractivity contribution in [3.05, 3.63) is 164 Å². The van der Waals surface area contributed by atoms with E-state index in [9.17, 15) is 20.1 Å². The molecule has 0 unspecified atom stereocenters. The minimum absolute atomic E-state index is 0.123. The first-order valence-electron chi connectivity index (χ1n) is 16.3. The summed E-state index contributed by atoms with van der Waals surface area (Å²) >= 11 is 3.41. The van der Waals surface area contributed by atoms with Gasteiger partial charge in [-0.25, -0.2) is 0 Å². The van der Waals surface area contributed by atoms with E-state index < -0.39 is 0 Å². The smallest absolute Gasteiger partial charge is 0.273 e. The van der Waals surface area contributed by atoms with E-state index >= 15 is 0 Å². The zero-order chi connectivity index (χ0) is 36.1. The fraction of sp³-hybridized carbons (Fsp3) is 0.0476. The molecule has 9 rings (SSSR count). The van der Waals surface area contributed by atoms with Crippen LogP contribution < -0.4 is 11.1 Å². The van der Waals surface area contributed by atoms with Crippen molar-refractivity contribution in [3.63, 3.8) is 0 Å². The number of hydrogen-bond donors (Lipinski definition) is 0. The molecule has 0 spiro atoms. The third-order valence-electron chi connectivity index (χ3n) is 9.43. The number of furan rings is 1. The van der Waals surface area contributed by atoms with Gasteiger partial charge >= 0.3 is 0 Å². The Labute approximate surface area is 304 Å². The second-order valence-electron chi connectivity index (χ2n) is 12.3. The van der Waals surface area contributed by atoms with Crippen LogP contribution in [0.3, 0.4) is 0 Å². The maximum atomic E-state index is 13.1. The number of hydrogen-bond acceptors (Lipinski definition) is 5. The van der Waals surface area contributed by atoms with E-state index in [4.69, 9.17) is 4.42 Å². The van der Waals surface area contributed by atoms with Crippen molar-refractivity contribution >= 4 is 59.8 Å². The molecular weight excluding hydrogens is 716 g/mol. The molecule has 0 radical (unpaired) electrons. The molecule has 0 aliphatic heterocycles. The number of aryl methyl sites for hydroxylation is 2. The van der Waals surface area contributed by atoms with Crippen LogP contribution in [0.4, 0.5) is 0 Å². The average Bonchev–Trinajstić information content (AvgIpc) is 3.89. The van der Waals surface area contributed by atoms with E-state index in [0.717, 1.165) is 70.8 Å². The lowest BCUT2D eigenvalue weighted by Gasteiger charge is -2.10. The van der Waals surface area contributed by atoms with Crippen molar-refractivity contribution in [2.45, 2.75) is 0 Å². The Kier molecular flexibility index (Phi) is 7.95. The van der Waals surface area contributed by atoms with Gasteiger partial charge in [0.15, 0.2) is 0 Å². The van der Waals surface area contributed by atoms with Crippen LogP contribution >= 0.6 is 15.9 Å². The first-order valence-corrected chi connectivity index (χ1v) is 17.1. The molecule has 0 saturated carbocycles. The summed E-state index contributed by atoms with van der Waals surface area (Å²) in [6.07, 6.45) is 3.31. The number of pyridine rings is 2. The molecule has 0 N–H and O–H groups in total. The van der Waals surface area contributed by atoms with E-state index in [-0.39, 0.29) is 22.2 Å². The lowest BCUT2D eigenvalue weighted by molar-refractivity contribution is 0.568. The standard InChI is InChI=1S/C23H15N3O2.C19H12BrN3O/c1-25-20-5-3-2-4-19(20)22-21(25)12-17(13-24)23(27)26(22)18-8-6-15(7-9-18)16-10-11-28-14-16;1-22-16-5-3-2-4-15(16)18-17(22)10-12(11-21)19(24)23(18)14-8-6-13(20)7-9-14/h2-12,14H,1H3;2-10H,1H3. The van der Waals surface area contributed by atoms with Gasteiger partial charge in [-0.05, 0) is 72.3 Å². The molecule has 0 bridgehead atoms. The molecule has 9 aromatic rings. The van der Waals surface area contributed by atoms with E-state index in [0.29, 0.717) is 0 Å². The first kappa shape index (κ1) is 32.3. The van der Waals surface area contributed by atoms with Crippen LogP contribution in [0.1, 0.15) is 11.1 Å². The summed E-state index contributed by atoms with van der Waals surface area (Å²) in [5.41, 5.74) is 8.42. The molecule has 5 heterocycles. The summed E-state index contributed by atoms with van der Waals surface area (Å²) in [4.78, 5) is 26.0. The van der Waals surface area contributed by atoms with Gasteiger partial charge in [0.25, 0.3) is 11.1 Å². The average molecular weight is 744 g/mol. The highest BCUT2D eigenvalue weighted by Crippen LogP contribution is 2.31. The summed E-state index contributed by atoms with van der Waals surface area (Å²) < 4.78 is 13.4. The molecule has 9 nitrogen and oxygen atoms in total. The highest BCUT2D eigenvalue weighted by atomic mass is 79.9. The predicted octanol–water partition coefficient (Wildman–Crippen LogP) is 8.73. The Balaban J connectivity index is 0.000000151. The molecule has 4 aromatic carbocycles. The van der Waals surface area contributed by atoms with Gasteiger partial charge < -0.3 is 13.6 Å². The van der Waals surface area contributed by atoms with Crippen LogP contribution in [0, 0.1) is 22.7 Å². The summed E-state index contributed by atoms with van der Waals surface area (Å²) in [5.74, 6) is 0. The van der Waals surface area contributed by atoms with Crippen molar-refractivity contribution in [2.24, 2.45) is 14.1 Å². The van der Waals surface area contributed by atoms with E-state index in [2.05, 4.69) is 15.9 Å². The molecule has 0 aliphatic rings. The Morgan fingerprint density at radius 3 is 1.48 bits per heavy atom. The molecule has 0 fully saturated rings. The minimum Gasteiger partial charge on any atom is -0.472 e. The first-order chi connectivity index (χ1) is 25.3. The number of halogens is 1. The lowest BCUT2D eigenvalue weighted by atomic mass is 10.1. The van der Waals surface area contributed by atoms with E-state index in [1.807, 2.05) is 138 Å². The van der Waals surface area contributed by atoms with Crippen LogP contribution in [-0.2, 0) is 14.1 Å². The van der Waals surface area contributed by atoms with Gasteiger partial charge in [0.2, 0.25) is 0 Å². The number of benzene rings is 4. The number of para-hydroxylation sites is 2. The Bertz CT molecular complexity index is 3040. The third-order valence-corrected chi connectivity index (χ3v) is 9.96. The Morgan fingerprint density at radius 2 is 1.04 bits per heavy atom. The number of rotatable bonds is 3. The van der Waals surface area contributed by atoms with Crippen LogP contribution in [0.25, 0.3) is 66.4 Å². The number of nitrogens with zero attached hydrogens (tertiary/aromatic N) is 6. The van der Waals surface area contributed by atoms with Crippen molar-refractivity contribution in [1.29, 1.82) is 10.5 Å². The largest absolute Gasteiger partial charge is 0.472 e. The van der Waals surface area contributed by atoms with Gasteiger partial charge in [0, 0.05) is 46.3 Å². The zero-order valence-corrected chi connectivity index (χ0v) is 29.5. The molecule has 0 amide bonds. The third kappa shape index (κ3) is 5.13. The molecule has 5 aromatic heterocycles. The monoisotopic (exact) mass is 742 g/mol. The minimum atomic E-state index is -0.317. The summed E-state index contributed by atoms with van der Waals surface area (Å²) in [7, 11) is 3.89. The maximum Gasteiger partial charge on any atom is 0.273 e. The molecule has 52 heavy (non-hydrogen) atoms. The van der Waals surface area contributed by atoms with Gasteiger partial charge in [-0.3, -0.25) is 18.7 Å². The zero-order valence-electron chi connectivity index (χ0n) is 27.9. The van der Waals surface area contributed by atoms with Crippen LogP contribution in [-0.4, -0.2) is 18.3 Å². The van der Waals surface area contributed by atoms with Gasteiger partial charge in [0.1, 0.15) is 23.3 Å². The molecule has 0 atom stereocenters. The van der Waals surface area contributed by atoms with E-state index in [1.165, 1.54) is 0 Å². The van der Waals surface area contributed by atoms with Gasteiger partial charge in [-0.15, -0.1) is 0 Å². The normalized spacial score (nSPS) is 11.1. The number of aromatic nitrogens is 4. The quantitative estimate of drug-likeness (QED) is 0.180. The predicted molar refractivity (Wildman–Crippen MR) is 207 cm³/mol. The van der Waals surface area contributed by atoms with Crippen molar-refractivity contribution in [3.8, 4) is 34.6 Å². The highest BCUT2D eigenvalue weighted by molar-refractivity contribution is 9.10. The van der Waals surface area contributed by atoms with Gasteiger partial charge in [-0.2, -0.15) is 10.5 Å². The summed E-state index contributed by atoms with van der Waals surface area (Å²) in [5, 5.41) is 20.8. The Hall–Kier alpha value is -6.88. The molecule has 10 heteroatoms. The number of nitriles is 2. The summed E-state index contributed by atoms with van der Waals surface area (Å²) in [6.45, 7) is 0. The summed E-state index contributed by atoms with van der Waals surface area (Å²) in [6, 6.07) is 40.4. The topological polar surface area (TPSA) is 115 Å². The van der Waals surface area contributed by atoms with Crippen LogP contribution in [0.2, 0.25) is 0 Å². The fourth-order valence-electron chi connectivity index (χ4n) is 6.90. The highest BCUT2D eigenvalue weighted by Gasteiger charge is 2.19. The fourth-order valence-corrected chi connectivity index (χ4v) is 7.17. The SMILES string of the molecule is Cn1c2ccccc2c2c1cc(C#N)c(=O)n2-c1ccc(-c2ccoc2)cc1.Cn1c2ccccc2c2c1cc(C#N)c(=O)n2-c1ccc(Br)cc1. The molecule has 250 valence electrons. The van der Waals surface area contributed by atoms with Crippen molar-refractivity contribution in [2.75, 3.05) is 0 Å². The van der Waals surface area contributed by atoms with Crippen molar-refractivity contribution < 1.29 is 4.42 Å². The second kappa shape index (κ2) is 12.8. The van der Waals surface area contributed by atoms with Gasteiger partial charge in [-0.1, -0.05) is 64.5 Å². The molecular formula is C42H27BrN6O3.